The van der Waals surface area contributed by atoms with Gasteiger partial charge in [0.25, 0.3) is 5.91 Å². The van der Waals surface area contributed by atoms with Crippen LogP contribution in [0.2, 0.25) is 5.02 Å². The average Bonchev–Trinajstić information content (AvgIpc) is 3.54. The van der Waals surface area contributed by atoms with Gasteiger partial charge in [0.2, 0.25) is 0 Å². The molecule has 3 aromatic rings. The molecule has 0 unspecified atom stereocenters. The van der Waals surface area contributed by atoms with Gasteiger partial charge < -0.3 is 19.5 Å². The number of pyridine rings is 1. The lowest BCUT2D eigenvalue weighted by atomic mass is 9.87. The van der Waals surface area contributed by atoms with Crippen LogP contribution in [0.3, 0.4) is 0 Å². The van der Waals surface area contributed by atoms with Gasteiger partial charge in [-0.3, -0.25) is 9.78 Å². The smallest absolute Gasteiger partial charge is 0.256 e. The molecule has 2 aromatic heterocycles. The average molecular weight is 451 g/mol. The van der Waals surface area contributed by atoms with Crippen molar-refractivity contribution in [1.82, 2.24) is 19.8 Å². The van der Waals surface area contributed by atoms with Crippen molar-refractivity contribution in [3.05, 3.63) is 64.6 Å². The summed E-state index contributed by atoms with van der Waals surface area (Å²) in [4.78, 5) is 20.2. The maximum Gasteiger partial charge on any atom is 0.256 e. The summed E-state index contributed by atoms with van der Waals surface area (Å²) in [5.41, 5.74) is 3.68. The Morgan fingerprint density at radius 3 is 2.97 bits per heavy atom. The van der Waals surface area contributed by atoms with Crippen molar-refractivity contribution < 1.29 is 9.53 Å². The molecule has 166 valence electrons. The van der Waals surface area contributed by atoms with Crippen LogP contribution < -0.4 is 5.32 Å². The standard InChI is InChI=1S/C25H27ClN4O2/c26-18-5-6-20-21(15-30(22(20)13-18)14-19-4-2-9-27-19)24(31)29-11-7-25(8-12-29)23-17(16-32-25)3-1-10-28-23/h1,3,5-6,10,13,15,19,27H,2,4,7-9,11-12,14,16H2/t19-/m0/s1. The number of hydrogen-bond donors (Lipinski definition) is 1. The molecular formula is C25H27ClN4O2. The molecule has 3 aliphatic heterocycles. The number of carbonyl (C=O) groups excluding carboxylic acids is 1. The Bertz CT molecular complexity index is 1180. The maximum absolute atomic E-state index is 13.6. The Kier molecular flexibility index (Phi) is 4.97. The number of carbonyl (C=O) groups is 1. The molecule has 1 N–H and O–H groups in total. The van der Waals surface area contributed by atoms with Crippen LogP contribution in [0.15, 0.2) is 42.7 Å². The molecular weight excluding hydrogens is 424 g/mol. The summed E-state index contributed by atoms with van der Waals surface area (Å²) in [6.45, 7) is 3.86. The molecule has 1 atom stereocenters. The van der Waals surface area contributed by atoms with Crippen molar-refractivity contribution in [2.24, 2.45) is 0 Å². The second-order valence-electron chi connectivity index (χ2n) is 9.24. The summed E-state index contributed by atoms with van der Waals surface area (Å²) >= 11 is 6.31. The molecule has 1 aromatic carbocycles. The molecule has 5 heterocycles. The fraction of sp³-hybridized carbons (Fsp3) is 0.440. The molecule has 1 spiro atoms. The highest BCUT2D eigenvalue weighted by Gasteiger charge is 2.44. The van der Waals surface area contributed by atoms with E-state index in [9.17, 15) is 4.79 Å². The lowest BCUT2D eigenvalue weighted by Crippen LogP contribution is -2.45. The molecule has 0 saturated carbocycles. The molecule has 0 aliphatic carbocycles. The third-order valence-corrected chi connectivity index (χ3v) is 7.57. The fourth-order valence-corrected chi connectivity index (χ4v) is 5.77. The highest BCUT2D eigenvalue weighted by atomic mass is 35.5. The van der Waals surface area contributed by atoms with E-state index in [1.165, 1.54) is 12.0 Å². The molecule has 0 radical (unpaired) electrons. The number of benzene rings is 1. The zero-order valence-corrected chi connectivity index (χ0v) is 18.8. The summed E-state index contributed by atoms with van der Waals surface area (Å²) in [6.07, 6.45) is 7.78. The van der Waals surface area contributed by atoms with Crippen molar-refractivity contribution in [3.63, 3.8) is 0 Å². The van der Waals surface area contributed by atoms with Crippen LogP contribution in [-0.4, -0.2) is 46.0 Å². The lowest BCUT2D eigenvalue weighted by Gasteiger charge is -2.38. The Balaban J connectivity index is 1.26. The molecule has 3 aliphatic rings. The van der Waals surface area contributed by atoms with Gasteiger partial charge in [-0.15, -0.1) is 0 Å². The first-order chi connectivity index (χ1) is 15.6. The van der Waals surface area contributed by atoms with E-state index in [2.05, 4.69) is 20.9 Å². The van der Waals surface area contributed by atoms with Gasteiger partial charge in [-0.25, -0.2) is 0 Å². The van der Waals surface area contributed by atoms with Crippen LogP contribution in [0, 0.1) is 0 Å². The van der Waals surface area contributed by atoms with E-state index in [0.29, 0.717) is 30.8 Å². The number of hydrogen-bond acceptors (Lipinski definition) is 4. The Labute approximate surface area is 192 Å². The minimum absolute atomic E-state index is 0.0875. The molecule has 2 saturated heterocycles. The van der Waals surface area contributed by atoms with Crippen LogP contribution in [0.25, 0.3) is 10.9 Å². The number of nitrogens with zero attached hydrogens (tertiary/aromatic N) is 3. The number of likely N-dealkylation sites (tertiary alicyclic amines) is 1. The van der Waals surface area contributed by atoms with E-state index in [1.54, 1.807) is 0 Å². The monoisotopic (exact) mass is 450 g/mol. The topological polar surface area (TPSA) is 59.4 Å². The second-order valence-corrected chi connectivity index (χ2v) is 9.67. The van der Waals surface area contributed by atoms with Crippen LogP contribution in [-0.2, 0) is 23.5 Å². The van der Waals surface area contributed by atoms with Crippen LogP contribution >= 0.6 is 11.6 Å². The zero-order valence-electron chi connectivity index (χ0n) is 18.0. The summed E-state index contributed by atoms with van der Waals surface area (Å²) in [7, 11) is 0. The molecule has 32 heavy (non-hydrogen) atoms. The molecule has 0 bridgehead atoms. The Morgan fingerprint density at radius 1 is 1.28 bits per heavy atom. The summed E-state index contributed by atoms with van der Waals surface area (Å²) in [5.74, 6) is 0.0875. The minimum Gasteiger partial charge on any atom is -0.364 e. The summed E-state index contributed by atoms with van der Waals surface area (Å²) in [6, 6.07) is 10.3. The lowest BCUT2D eigenvalue weighted by molar-refractivity contribution is -0.0762. The predicted octanol–water partition coefficient (Wildman–Crippen LogP) is 4.10. The number of nitrogens with one attached hydrogen (secondary N) is 1. The van der Waals surface area contributed by atoms with Crippen molar-refractivity contribution in [2.45, 2.75) is 50.5 Å². The predicted molar refractivity (Wildman–Crippen MR) is 124 cm³/mol. The van der Waals surface area contributed by atoms with E-state index in [-0.39, 0.29) is 11.5 Å². The number of amides is 1. The zero-order chi connectivity index (χ0) is 21.7. The van der Waals surface area contributed by atoms with Crippen molar-refractivity contribution in [1.29, 1.82) is 0 Å². The van der Waals surface area contributed by atoms with Gasteiger partial charge in [-0.05, 0) is 50.4 Å². The van der Waals surface area contributed by atoms with E-state index >= 15 is 0 Å². The molecule has 2 fully saturated rings. The number of ether oxygens (including phenoxy) is 1. The molecule has 6 rings (SSSR count). The Morgan fingerprint density at radius 2 is 2.16 bits per heavy atom. The van der Waals surface area contributed by atoms with Gasteiger partial charge in [0.15, 0.2) is 0 Å². The SMILES string of the molecule is O=C(c1cn(C[C@@H]2CCCN2)c2cc(Cl)ccc12)N1CCC2(CC1)OCc1cccnc12. The van der Waals surface area contributed by atoms with Gasteiger partial charge in [0.05, 0.1) is 23.4 Å². The molecule has 1 amide bonds. The minimum atomic E-state index is -0.344. The molecule has 7 heteroatoms. The van der Waals surface area contributed by atoms with Crippen molar-refractivity contribution >= 4 is 28.4 Å². The van der Waals surface area contributed by atoms with E-state index in [0.717, 1.165) is 54.5 Å². The summed E-state index contributed by atoms with van der Waals surface area (Å²) in [5, 5.41) is 5.22. The van der Waals surface area contributed by atoms with Crippen LogP contribution in [0.1, 0.15) is 47.3 Å². The van der Waals surface area contributed by atoms with Gasteiger partial charge >= 0.3 is 0 Å². The van der Waals surface area contributed by atoms with Crippen LogP contribution in [0.5, 0.6) is 0 Å². The number of halogens is 1. The molecule has 6 nitrogen and oxygen atoms in total. The largest absolute Gasteiger partial charge is 0.364 e. The van der Waals surface area contributed by atoms with Crippen molar-refractivity contribution in [2.75, 3.05) is 19.6 Å². The first-order valence-electron chi connectivity index (χ1n) is 11.5. The van der Waals surface area contributed by atoms with E-state index < -0.39 is 0 Å². The highest BCUT2D eigenvalue weighted by molar-refractivity contribution is 6.31. The third kappa shape index (κ3) is 3.33. The van der Waals surface area contributed by atoms with Gasteiger partial charge in [-0.1, -0.05) is 23.7 Å². The van der Waals surface area contributed by atoms with E-state index in [1.807, 2.05) is 41.6 Å². The Hall–Kier alpha value is -2.41. The van der Waals surface area contributed by atoms with Gasteiger partial charge in [0.1, 0.15) is 5.60 Å². The quantitative estimate of drug-likeness (QED) is 0.652. The maximum atomic E-state index is 13.6. The number of aromatic nitrogens is 2. The van der Waals surface area contributed by atoms with Crippen molar-refractivity contribution in [3.8, 4) is 0 Å². The highest BCUT2D eigenvalue weighted by Crippen LogP contribution is 2.43. The number of fused-ring (bicyclic) bond motifs is 3. The number of rotatable bonds is 3. The van der Waals surface area contributed by atoms with Crippen LogP contribution in [0.4, 0.5) is 0 Å². The first kappa shape index (κ1) is 20.2. The fourth-order valence-electron chi connectivity index (χ4n) is 5.61. The van der Waals surface area contributed by atoms with Gasteiger partial charge in [-0.2, -0.15) is 0 Å². The normalized spacial score (nSPS) is 22.0. The van der Waals surface area contributed by atoms with E-state index in [4.69, 9.17) is 16.3 Å². The van der Waals surface area contributed by atoms with Gasteiger partial charge in [0, 0.05) is 54.0 Å². The first-order valence-corrected chi connectivity index (χ1v) is 11.9. The second kappa shape index (κ2) is 7.87. The third-order valence-electron chi connectivity index (χ3n) is 7.34. The number of piperidine rings is 1. The summed E-state index contributed by atoms with van der Waals surface area (Å²) < 4.78 is 8.42.